The molecule has 0 N–H and O–H groups in total. The number of hydrogen-bond acceptors (Lipinski definition) is 17. The topological polar surface area (TPSA) is 204 Å². The highest BCUT2D eigenvalue weighted by molar-refractivity contribution is 5.93. The zero-order chi connectivity index (χ0) is 60.4. The molecule has 448 valence electrons. The molecule has 0 heterocycles. The Morgan fingerprint density at radius 3 is 0.929 bits per heavy atom. The molecule has 0 aliphatic carbocycles. The van der Waals surface area contributed by atoms with Gasteiger partial charge in [0, 0.05) is 12.2 Å². The van der Waals surface area contributed by atoms with Crippen molar-refractivity contribution in [3.05, 3.63) is 203 Å². The van der Waals surface area contributed by atoms with Gasteiger partial charge in [-0.1, -0.05) is 51.0 Å². The van der Waals surface area contributed by atoms with E-state index in [1.807, 2.05) is 38.1 Å². The van der Waals surface area contributed by atoms with Crippen LogP contribution in [-0.2, 0) is 46.1 Å². The smallest absolute Gasteiger partial charge is 0.343 e. The summed E-state index contributed by atoms with van der Waals surface area (Å²) < 4.78 is 60.5. The average molecular weight is 1160 g/mol. The Balaban J connectivity index is 0.746. The van der Waals surface area contributed by atoms with Crippen molar-refractivity contribution in [3.63, 3.8) is 0 Å². The SMILES string of the molecule is C=CC(=O)OCCCCCCc1ccc(C(=O)Oc2ccc(OC(=O)c3ccc(OCCOCCOCCOCCOc4ccc(C(=O)Oc5ccc(OC(=O)c6ccc(CCCCCCOC(=O)C=C)c(C)c6)cc5)cc4)cc3)cc2)cc1C. The molecule has 17 heteroatoms. The molecule has 0 amide bonds. The number of benzene rings is 6. The molecule has 0 saturated heterocycles. The fourth-order valence-electron chi connectivity index (χ4n) is 8.38. The lowest BCUT2D eigenvalue weighted by atomic mass is 9.99. The summed E-state index contributed by atoms with van der Waals surface area (Å²) in [7, 11) is 0. The predicted octanol–water partition coefficient (Wildman–Crippen LogP) is 12.4. The lowest BCUT2D eigenvalue weighted by Crippen LogP contribution is -2.14. The van der Waals surface area contributed by atoms with Crippen molar-refractivity contribution in [2.24, 2.45) is 0 Å². The summed E-state index contributed by atoms with van der Waals surface area (Å²) >= 11 is 0. The van der Waals surface area contributed by atoms with Gasteiger partial charge in [-0.15, -0.1) is 0 Å². The Morgan fingerprint density at radius 1 is 0.329 bits per heavy atom. The molecule has 0 aliphatic heterocycles. The molecule has 0 saturated carbocycles. The molecule has 0 aliphatic rings. The normalized spacial score (nSPS) is 10.8. The predicted molar refractivity (Wildman–Crippen MR) is 318 cm³/mol. The van der Waals surface area contributed by atoms with Crippen LogP contribution in [0, 0.1) is 13.8 Å². The molecule has 6 aromatic carbocycles. The molecule has 0 bridgehead atoms. The molecule has 17 nitrogen and oxygen atoms in total. The third kappa shape index (κ3) is 24.1. The van der Waals surface area contributed by atoms with E-state index in [0.717, 1.165) is 98.6 Å². The zero-order valence-corrected chi connectivity index (χ0v) is 48.4. The van der Waals surface area contributed by atoms with Crippen LogP contribution >= 0.6 is 0 Å². The van der Waals surface area contributed by atoms with E-state index in [1.165, 1.54) is 0 Å². The number of carbonyl (C=O) groups excluding carboxylic acids is 6. The van der Waals surface area contributed by atoms with Crippen molar-refractivity contribution in [1.29, 1.82) is 0 Å². The van der Waals surface area contributed by atoms with Gasteiger partial charge < -0.3 is 52.1 Å². The van der Waals surface area contributed by atoms with Crippen LogP contribution in [0.25, 0.3) is 0 Å². The van der Waals surface area contributed by atoms with Gasteiger partial charge in [-0.2, -0.15) is 0 Å². The quantitative estimate of drug-likeness (QED) is 0.0153. The van der Waals surface area contributed by atoms with Crippen LogP contribution in [0.4, 0.5) is 0 Å². The summed E-state index contributed by atoms with van der Waals surface area (Å²) in [6, 6.07) is 36.6. The maximum Gasteiger partial charge on any atom is 0.343 e. The molecule has 85 heavy (non-hydrogen) atoms. The van der Waals surface area contributed by atoms with Crippen LogP contribution in [0.1, 0.15) is 115 Å². The largest absolute Gasteiger partial charge is 0.491 e. The number of hydrogen-bond donors (Lipinski definition) is 0. The maximum atomic E-state index is 12.9. The lowest BCUT2D eigenvalue weighted by molar-refractivity contribution is -0.138. The Morgan fingerprint density at radius 2 is 0.612 bits per heavy atom. The summed E-state index contributed by atoms with van der Waals surface area (Å²) in [5.41, 5.74) is 5.84. The molecule has 6 aromatic rings. The van der Waals surface area contributed by atoms with Crippen LogP contribution in [0.15, 0.2) is 159 Å². The summed E-state index contributed by atoms with van der Waals surface area (Å²) in [4.78, 5) is 73.7. The first-order chi connectivity index (χ1) is 41.4. The number of carbonyl (C=O) groups is 6. The van der Waals surface area contributed by atoms with Crippen molar-refractivity contribution >= 4 is 35.8 Å². The Hall–Kier alpha value is -8.90. The number of ether oxygens (including phenoxy) is 11. The second-order valence-electron chi connectivity index (χ2n) is 19.4. The number of unbranched alkanes of at least 4 members (excludes halogenated alkanes) is 6. The van der Waals surface area contributed by atoms with Crippen LogP contribution in [0.3, 0.4) is 0 Å². The van der Waals surface area contributed by atoms with E-state index in [1.54, 1.807) is 109 Å². The van der Waals surface area contributed by atoms with Gasteiger partial charge in [0.05, 0.1) is 75.1 Å². The number of rotatable bonds is 38. The van der Waals surface area contributed by atoms with Crippen molar-refractivity contribution in [2.45, 2.75) is 78.1 Å². The van der Waals surface area contributed by atoms with Crippen molar-refractivity contribution < 1.29 is 80.9 Å². The van der Waals surface area contributed by atoms with E-state index in [2.05, 4.69) is 13.2 Å². The monoisotopic (exact) mass is 1160 g/mol. The Kier molecular flexibility index (Phi) is 28.1. The fraction of sp³-hybridized carbons (Fsp3) is 0.324. The number of aryl methyl sites for hydroxylation is 4. The van der Waals surface area contributed by atoms with E-state index in [-0.39, 0.29) is 11.5 Å². The highest BCUT2D eigenvalue weighted by Crippen LogP contribution is 2.25. The van der Waals surface area contributed by atoms with Crippen molar-refractivity contribution in [1.82, 2.24) is 0 Å². The summed E-state index contributed by atoms with van der Waals surface area (Å²) in [5, 5.41) is 0. The highest BCUT2D eigenvalue weighted by atomic mass is 16.6. The molecule has 0 fully saturated rings. The molecule has 6 rings (SSSR count). The van der Waals surface area contributed by atoms with Gasteiger partial charge in [-0.05, 0) is 196 Å². The summed E-state index contributed by atoms with van der Waals surface area (Å²) in [6.45, 7) is 14.2. The highest BCUT2D eigenvalue weighted by Gasteiger charge is 2.16. The first-order valence-electron chi connectivity index (χ1n) is 28.4. The fourth-order valence-corrected chi connectivity index (χ4v) is 8.38. The minimum atomic E-state index is -0.559. The minimum Gasteiger partial charge on any atom is -0.491 e. The Bertz CT molecular complexity index is 2890. The van der Waals surface area contributed by atoms with Gasteiger partial charge in [0.25, 0.3) is 0 Å². The molecular weight excluding hydrogens is 1090 g/mol. The van der Waals surface area contributed by atoms with E-state index >= 15 is 0 Å². The van der Waals surface area contributed by atoms with Crippen LogP contribution < -0.4 is 28.4 Å². The maximum absolute atomic E-state index is 12.9. The van der Waals surface area contributed by atoms with Crippen LogP contribution in [-0.4, -0.2) is 102 Å². The van der Waals surface area contributed by atoms with Gasteiger partial charge in [0.1, 0.15) is 47.7 Å². The van der Waals surface area contributed by atoms with E-state index in [9.17, 15) is 28.8 Å². The Labute approximate surface area is 496 Å². The average Bonchev–Trinajstić information content (AvgIpc) is 3.71. The number of esters is 6. The van der Waals surface area contributed by atoms with E-state index in [0.29, 0.717) is 111 Å². The van der Waals surface area contributed by atoms with Crippen LogP contribution in [0.2, 0.25) is 0 Å². The van der Waals surface area contributed by atoms with Gasteiger partial charge in [-0.25, -0.2) is 28.8 Å². The zero-order valence-electron chi connectivity index (χ0n) is 48.4. The molecule has 0 aromatic heterocycles. The molecule has 0 spiro atoms. The van der Waals surface area contributed by atoms with Crippen molar-refractivity contribution in [3.8, 4) is 34.5 Å². The van der Waals surface area contributed by atoms with Gasteiger partial charge in [0.15, 0.2) is 0 Å². The third-order valence-corrected chi connectivity index (χ3v) is 13.1. The summed E-state index contributed by atoms with van der Waals surface area (Å²) in [6.07, 6.45) is 11.6. The minimum absolute atomic E-state index is 0.287. The van der Waals surface area contributed by atoms with Gasteiger partial charge in [-0.3, -0.25) is 0 Å². The van der Waals surface area contributed by atoms with E-state index < -0.39 is 35.8 Å². The van der Waals surface area contributed by atoms with Crippen molar-refractivity contribution in [2.75, 3.05) is 66.1 Å². The summed E-state index contributed by atoms with van der Waals surface area (Å²) in [5.74, 6) is -0.601. The standard InChI is InChI=1S/C68H74O17/c1-5-63(69)80-37-13-9-7-11-15-51-17-19-55(47-49(51)3)67(73)84-61-33-29-59(30-34-61)82-65(71)53-21-25-57(26-22-53)78-45-43-76-41-39-75-40-42-77-44-46-79-58-27-23-54(24-28-58)66(72)83-60-31-35-62(36-32-60)85-68(74)56-20-18-52(50(4)48-56)16-12-8-10-14-38-81-64(70)6-2/h5-6,17-36,47-48H,1-2,7-16,37-46H2,3-4H3. The van der Waals surface area contributed by atoms with Gasteiger partial charge >= 0.3 is 35.8 Å². The first kappa shape index (κ1) is 65.3. The second kappa shape index (κ2) is 36.6. The molecule has 0 unspecified atom stereocenters. The van der Waals surface area contributed by atoms with Gasteiger partial charge in [0.2, 0.25) is 0 Å². The first-order valence-corrected chi connectivity index (χ1v) is 28.4. The van der Waals surface area contributed by atoms with E-state index in [4.69, 9.17) is 52.1 Å². The molecule has 0 radical (unpaired) electrons. The van der Waals surface area contributed by atoms with Crippen LogP contribution in [0.5, 0.6) is 34.5 Å². The third-order valence-electron chi connectivity index (χ3n) is 13.1. The molecular formula is C68H74O17. The lowest BCUT2D eigenvalue weighted by Gasteiger charge is -2.10. The molecule has 0 atom stereocenters. The second-order valence-corrected chi connectivity index (χ2v) is 19.4.